The lowest BCUT2D eigenvalue weighted by Crippen LogP contribution is -2.36. The van der Waals surface area contributed by atoms with Crippen molar-refractivity contribution in [1.29, 1.82) is 0 Å². The van der Waals surface area contributed by atoms with E-state index in [1.165, 1.54) is 30.0 Å². The van der Waals surface area contributed by atoms with E-state index in [1.807, 2.05) is 168 Å². The summed E-state index contributed by atoms with van der Waals surface area (Å²) in [6.07, 6.45) is 7.75. The molecule has 7 aromatic carbocycles. The van der Waals surface area contributed by atoms with Gasteiger partial charge in [-0.1, -0.05) is 45.3 Å². The highest BCUT2D eigenvalue weighted by molar-refractivity contribution is 7.88. The van der Waals surface area contributed by atoms with E-state index < -0.39 is 92.1 Å². The predicted molar refractivity (Wildman–Crippen MR) is 553 cm³/mol. The number of carboxylic acids is 2. The van der Waals surface area contributed by atoms with E-state index in [0.29, 0.717) is 36.1 Å². The molecule has 29 nitrogen and oxygen atoms in total. The van der Waals surface area contributed by atoms with Gasteiger partial charge in [-0.15, -0.1) is 0 Å². The van der Waals surface area contributed by atoms with Gasteiger partial charge in [-0.25, -0.2) is 39.1 Å². The summed E-state index contributed by atoms with van der Waals surface area (Å²) < 4.78 is 125. The van der Waals surface area contributed by atoms with Crippen molar-refractivity contribution >= 4 is 173 Å². The summed E-state index contributed by atoms with van der Waals surface area (Å²) in [4.78, 5) is 94.2. The molecular formula is C106H116F3N11O18S5. The largest absolute Gasteiger partial charge is 0.534 e. The number of anilines is 4. The second kappa shape index (κ2) is 39.6. The smallest absolute Gasteiger partial charge is 0.493 e. The fourth-order valence-electron chi connectivity index (χ4n) is 18.8. The first-order valence-electron chi connectivity index (χ1n) is 48.2. The summed E-state index contributed by atoms with van der Waals surface area (Å²) >= 11 is 5.90. The number of aromatic nitrogens is 7. The minimum atomic E-state index is -6.04. The van der Waals surface area contributed by atoms with Crippen molar-refractivity contribution in [3.05, 3.63) is 159 Å². The number of halogens is 3. The Hall–Kier alpha value is -11.8. The first kappa shape index (κ1) is 101. The number of hydrogen-bond acceptors (Lipinski definition) is 31. The number of carbonyl (C=O) groups excluding carboxylic acids is 2. The normalized spacial score (nSPS) is 16.0. The Morgan fingerprint density at radius 3 is 0.951 bits per heavy atom. The molecule has 0 saturated carbocycles. The SMILES string of the molecule is CCOC(=O)[C@@H](OC(C)(C)C)c1c(C)cc2nc(N3CCC3)sc2c1-c1ccc2c3c(ccnc13)CCO2.CCOC(=O)[C@@H](OC(C)(C)C)c1c(C)cc2nc(N3CCC3)sc2c1OS(=O)(=O)C(F)(F)F.Cc1cc2nc(N3CCC3)sc2c(-c2ccc3c4c(ccnc24)CCO3)c1[C@H](OC(C)(C)C)C(=O)O.Cc1cc2nc(N3CCC3)sc2c(-c2ccc3c4c(ccnc24)CCO3)c1[C@H](OC(C)(C)C)C(=O)O. The van der Waals surface area contributed by atoms with E-state index in [-0.39, 0.29) is 34.6 Å². The number of aliphatic carboxylic acids is 2. The van der Waals surface area contributed by atoms with Gasteiger partial charge in [-0.05, 0) is 268 Å². The molecule has 21 rings (SSSR count). The molecule has 0 radical (unpaired) electrons. The third kappa shape index (κ3) is 20.5. The van der Waals surface area contributed by atoms with Crippen LogP contribution in [0.1, 0.15) is 208 Å². The zero-order valence-corrected chi connectivity index (χ0v) is 87.3. The van der Waals surface area contributed by atoms with E-state index >= 15 is 0 Å². The third-order valence-electron chi connectivity index (χ3n) is 25.5. The Bertz CT molecular complexity index is 7230. The van der Waals surface area contributed by atoms with Crippen LogP contribution >= 0.6 is 45.3 Å². The van der Waals surface area contributed by atoms with Gasteiger partial charge in [0.25, 0.3) is 0 Å². The molecule has 4 fully saturated rings. The standard InChI is InChI=1S/C30H33N3O4S.2C28H29N3O4S.C20H25F3N2O6S2/c1-6-35-28(34)26(37-30(3,4)5)22-17(2)16-20-27(38-29(32-20)33-13-7-14-33)24(22)19-8-9-21-23-18(11-15-36-21)10-12-31-25(19)23;2*1-15-14-18-25(36-27(30-18)31-11-5-12-31)22(20(15)24(26(32)33)35-28(2,3)4)17-6-7-19-21-16(9-13-34-19)8-10-29-23(17)21;1-6-29-17(26)15(30-19(3,4)5)13-11(2)10-12-16(32-18(24-12)25-8-7-9-25)14(13)31-33(27,28)20(21,22)23/h8-10,12,16,26H,6-7,11,13-15H2,1-5H3;2*6-8,10,14,24H,5,9,11-13H2,1-4H3,(H,32,33);10,15H,6-9H2,1-5H3/t26-;2*24-;15-/m0000/s1. The molecule has 0 amide bonds. The Labute approximate surface area is 842 Å². The van der Waals surface area contributed by atoms with Crippen molar-refractivity contribution in [2.24, 2.45) is 0 Å². The second-order valence-electron chi connectivity index (χ2n) is 40.4. The summed E-state index contributed by atoms with van der Waals surface area (Å²) in [7, 11) is -6.04. The van der Waals surface area contributed by atoms with Gasteiger partial charge < -0.3 is 76.6 Å². The van der Waals surface area contributed by atoms with Gasteiger partial charge in [-0.3, -0.25) is 15.0 Å². The Balaban J connectivity index is 0.000000126. The van der Waals surface area contributed by atoms with Crippen LogP contribution in [0.3, 0.4) is 0 Å². The number of ether oxygens (including phenoxy) is 9. The van der Waals surface area contributed by atoms with Crippen molar-refractivity contribution in [1.82, 2.24) is 34.9 Å². The molecule has 7 aliphatic rings. The Kier molecular flexibility index (Phi) is 28.1. The molecule has 0 aliphatic carbocycles. The van der Waals surface area contributed by atoms with Crippen LogP contribution in [0.25, 0.3) is 107 Å². The van der Waals surface area contributed by atoms with Crippen LogP contribution in [0.5, 0.6) is 23.0 Å². The number of esters is 2. The minimum absolute atomic E-state index is 0.0131. The van der Waals surface area contributed by atoms with Crippen LogP contribution < -0.4 is 38.0 Å². The number of nitrogens with zero attached hydrogens (tertiary/aromatic N) is 11. The summed E-state index contributed by atoms with van der Waals surface area (Å²) in [5.41, 5.74) is 10.8. The first-order chi connectivity index (χ1) is 67.8. The summed E-state index contributed by atoms with van der Waals surface area (Å²) in [6, 6.07) is 25.9. The number of fused-ring (bicyclic) bond motifs is 4. The lowest BCUT2D eigenvalue weighted by atomic mass is 9.89. The molecule has 0 unspecified atom stereocenters. The molecule has 0 bridgehead atoms. The maximum atomic E-state index is 13.5. The average molecular weight is 2050 g/mol. The zero-order valence-electron chi connectivity index (χ0n) is 83.2. The van der Waals surface area contributed by atoms with Crippen molar-refractivity contribution in [3.8, 4) is 56.4 Å². The second-order valence-corrected chi connectivity index (χ2v) is 45.9. The number of carboxylic acid groups (broad SMARTS) is 2. The molecule has 7 aromatic heterocycles. The molecule has 4 atom stereocenters. The lowest BCUT2D eigenvalue weighted by molar-refractivity contribution is -0.167. The van der Waals surface area contributed by atoms with Gasteiger partial charge in [0, 0.05) is 162 Å². The number of benzene rings is 7. The van der Waals surface area contributed by atoms with Gasteiger partial charge in [0.05, 0.1) is 108 Å². The van der Waals surface area contributed by atoms with Crippen LogP contribution in [0.4, 0.5) is 33.7 Å². The summed E-state index contributed by atoms with van der Waals surface area (Å²) in [5.74, 6) is -1.44. The number of hydrogen-bond donors (Lipinski definition) is 2. The third-order valence-corrected chi connectivity index (χ3v) is 31.0. The fourth-order valence-corrected chi connectivity index (χ4v) is 23.9. The van der Waals surface area contributed by atoms with Crippen molar-refractivity contribution in [3.63, 3.8) is 0 Å². The maximum Gasteiger partial charge on any atom is 0.534 e. The van der Waals surface area contributed by atoms with Crippen LogP contribution in [-0.4, -0.2) is 191 Å². The molecule has 37 heteroatoms. The van der Waals surface area contributed by atoms with Crippen LogP contribution in [-0.2, 0) is 77.0 Å². The van der Waals surface area contributed by atoms with Gasteiger partial charge in [-0.2, -0.15) is 21.6 Å². The maximum absolute atomic E-state index is 13.5. The molecule has 4 saturated heterocycles. The van der Waals surface area contributed by atoms with E-state index in [1.54, 1.807) is 67.8 Å². The number of aryl methyl sites for hydroxylation is 4. The lowest BCUT2D eigenvalue weighted by Gasteiger charge is -2.30. The van der Waals surface area contributed by atoms with Crippen LogP contribution in [0, 0.1) is 27.7 Å². The van der Waals surface area contributed by atoms with Gasteiger partial charge in [0.2, 0.25) is 0 Å². The van der Waals surface area contributed by atoms with Crippen molar-refractivity contribution in [2.45, 2.75) is 222 Å². The zero-order chi connectivity index (χ0) is 102. The number of rotatable bonds is 23. The van der Waals surface area contributed by atoms with Crippen LogP contribution in [0.15, 0.2) is 97.5 Å². The molecule has 14 aromatic rings. The highest BCUT2D eigenvalue weighted by atomic mass is 32.2. The molecule has 14 heterocycles. The summed E-state index contributed by atoms with van der Waals surface area (Å²) in [5, 5.41) is 27.2. The van der Waals surface area contributed by atoms with E-state index in [9.17, 15) is 51.0 Å². The predicted octanol–water partition coefficient (Wildman–Crippen LogP) is 22.7. The average Bonchev–Trinajstić information content (AvgIpc) is 1.70. The van der Waals surface area contributed by atoms with Crippen LogP contribution in [0.2, 0.25) is 0 Å². The van der Waals surface area contributed by atoms with Gasteiger partial charge in [0.1, 0.15) is 21.9 Å². The Morgan fingerprint density at radius 2 is 0.678 bits per heavy atom. The molecule has 0 spiro atoms. The number of pyridine rings is 3. The molecule has 754 valence electrons. The number of alkyl halides is 3. The van der Waals surface area contributed by atoms with Crippen molar-refractivity contribution < 1.29 is 97.8 Å². The van der Waals surface area contributed by atoms with Gasteiger partial charge in [0.15, 0.2) is 50.7 Å². The monoisotopic (exact) mass is 2050 g/mol. The highest BCUT2D eigenvalue weighted by Crippen LogP contribution is 2.55. The molecule has 2 N–H and O–H groups in total. The molecule has 7 aliphatic heterocycles. The Morgan fingerprint density at radius 1 is 0.406 bits per heavy atom. The highest BCUT2D eigenvalue weighted by Gasteiger charge is 2.51. The number of thiazole rings is 4. The topological polar surface area (TPSA) is 338 Å². The summed E-state index contributed by atoms with van der Waals surface area (Å²) in [6.45, 7) is 42.6. The van der Waals surface area contributed by atoms with E-state index in [4.69, 9.17) is 72.5 Å². The fraction of sp³-hybridized carbons (Fsp3) is 0.443. The number of carbonyl (C=O) groups is 4. The van der Waals surface area contributed by atoms with Gasteiger partial charge >= 0.3 is 39.5 Å². The van der Waals surface area contributed by atoms with E-state index in [0.717, 1.165) is 254 Å². The molecular weight excluding hydrogens is 1930 g/mol. The quantitative estimate of drug-likeness (QED) is 0.0341. The first-order valence-corrected chi connectivity index (χ1v) is 52.9. The minimum Gasteiger partial charge on any atom is -0.493 e. The molecule has 143 heavy (non-hydrogen) atoms. The van der Waals surface area contributed by atoms with Crippen molar-refractivity contribution in [2.75, 3.05) is 105 Å². The van der Waals surface area contributed by atoms with E-state index in [2.05, 4.69) is 42.1 Å².